The molecule has 1 fully saturated rings. The first-order chi connectivity index (χ1) is 18.9. The second-order valence-electron chi connectivity index (χ2n) is 10.7. The Kier molecular flexibility index (Phi) is 11.3. The number of Topliss-reactive ketones (excluding diaryl/α,β-unsaturated/α-hetero) is 1. The largest absolute Gasteiger partial charge is 0.396 e. The average Bonchev–Trinajstić information content (AvgIpc) is 2.96. The van der Waals surface area contributed by atoms with Crippen molar-refractivity contribution in [2.75, 3.05) is 39.3 Å². The number of carbonyl (C=O) groups is 2. The van der Waals surface area contributed by atoms with Gasteiger partial charge in [-0.1, -0.05) is 56.3 Å². The van der Waals surface area contributed by atoms with Crippen LogP contribution in [0.3, 0.4) is 0 Å². The first-order valence-corrected chi connectivity index (χ1v) is 14.7. The summed E-state index contributed by atoms with van der Waals surface area (Å²) in [5.74, 6) is -1.51. The normalized spacial score (nSPS) is 16.8. The van der Waals surface area contributed by atoms with E-state index >= 15 is 0 Å². The van der Waals surface area contributed by atoms with Gasteiger partial charge in [-0.15, -0.1) is 0 Å². The fraction of sp³-hybridized carbons (Fsp3) is 0.500. The molecule has 0 radical (unpaired) electrons. The predicted molar refractivity (Wildman–Crippen MR) is 149 cm³/mol. The molecule has 1 aliphatic rings. The minimum Gasteiger partial charge on any atom is -0.396 e. The molecule has 220 valence electrons. The molecule has 11 nitrogen and oxygen atoms in total. The van der Waals surface area contributed by atoms with Crippen LogP contribution in [0.25, 0.3) is 0 Å². The highest BCUT2D eigenvalue weighted by molar-refractivity contribution is 7.89. The van der Waals surface area contributed by atoms with Crippen molar-refractivity contribution >= 4 is 21.7 Å². The smallest absolute Gasteiger partial charge is 0.287 e. The summed E-state index contributed by atoms with van der Waals surface area (Å²) in [5, 5.41) is 34.4. The van der Waals surface area contributed by atoms with Crippen LogP contribution in [0, 0.1) is 5.41 Å². The van der Waals surface area contributed by atoms with Gasteiger partial charge >= 0.3 is 0 Å². The summed E-state index contributed by atoms with van der Waals surface area (Å²) in [5.41, 5.74) is 0.882. The van der Waals surface area contributed by atoms with Crippen molar-refractivity contribution in [3.63, 3.8) is 0 Å². The lowest BCUT2D eigenvalue weighted by molar-refractivity contribution is -0.138. The molecule has 1 unspecified atom stereocenters. The van der Waals surface area contributed by atoms with Crippen LogP contribution in [0.5, 0.6) is 0 Å². The number of carbonyl (C=O) groups excluding carboxylic acids is 2. The van der Waals surface area contributed by atoms with Crippen LogP contribution < -0.4 is 10.6 Å². The molecule has 0 aromatic heterocycles. The fourth-order valence-corrected chi connectivity index (χ4v) is 5.68. The lowest BCUT2D eigenvalue weighted by atomic mass is 9.86. The van der Waals surface area contributed by atoms with Crippen molar-refractivity contribution in [1.82, 2.24) is 19.8 Å². The van der Waals surface area contributed by atoms with Gasteiger partial charge in [0.15, 0.2) is 0 Å². The van der Waals surface area contributed by atoms with Gasteiger partial charge in [-0.2, -0.15) is 4.31 Å². The summed E-state index contributed by atoms with van der Waals surface area (Å²) in [6, 6.07) is 16.3. The maximum Gasteiger partial charge on any atom is 0.287 e. The number of hydrogen-bond donors (Lipinski definition) is 5. The Hall–Kier alpha value is -2.71. The number of sulfonamides is 1. The van der Waals surface area contributed by atoms with E-state index in [1.54, 1.807) is 26.0 Å². The highest BCUT2D eigenvalue weighted by atomic mass is 32.2. The number of hydrogen-bond acceptors (Lipinski definition) is 9. The van der Waals surface area contributed by atoms with Crippen molar-refractivity contribution in [3.05, 3.63) is 65.7 Å². The number of piperazine rings is 1. The molecule has 0 aliphatic carbocycles. The molecule has 1 heterocycles. The Bertz CT molecular complexity index is 1210. The van der Waals surface area contributed by atoms with Crippen LogP contribution in [0.1, 0.15) is 31.4 Å². The van der Waals surface area contributed by atoms with Crippen LogP contribution in [0.15, 0.2) is 59.5 Å². The molecule has 2 aromatic carbocycles. The molecule has 0 spiro atoms. The third kappa shape index (κ3) is 8.64. The number of aliphatic hydroxyl groups excluding tert-OH is 3. The van der Waals surface area contributed by atoms with E-state index in [1.807, 2.05) is 18.2 Å². The van der Waals surface area contributed by atoms with E-state index in [0.29, 0.717) is 31.7 Å². The minimum absolute atomic E-state index is 0.0426. The fourth-order valence-electron chi connectivity index (χ4n) is 4.26. The van der Waals surface area contributed by atoms with Crippen LogP contribution in [0.2, 0.25) is 0 Å². The maximum absolute atomic E-state index is 13.1. The monoisotopic (exact) mass is 576 g/mol. The number of nitrogens with zero attached hydrogens (tertiary/aromatic N) is 2. The summed E-state index contributed by atoms with van der Waals surface area (Å²) in [6.07, 6.45) is -2.84. The molecule has 0 bridgehead atoms. The van der Waals surface area contributed by atoms with Crippen molar-refractivity contribution in [3.8, 4) is 0 Å². The van der Waals surface area contributed by atoms with E-state index in [0.717, 1.165) is 6.54 Å². The molecule has 40 heavy (non-hydrogen) atoms. The number of aliphatic hydroxyl groups is 3. The molecule has 0 saturated carbocycles. The first-order valence-electron chi connectivity index (χ1n) is 13.3. The molecular weight excluding hydrogens is 536 g/mol. The quantitative estimate of drug-likeness (QED) is 0.155. The van der Waals surface area contributed by atoms with Gasteiger partial charge in [0.2, 0.25) is 15.8 Å². The standard InChI is InChI=1S/C28H40N4O7S/c1-28(2,20-33)25(35)27(37)29-13-12-24(34)26(36)30-18-21-8-10-23(11-9-21)40(38,39)32-16-14-31(15-17-32)19-22-6-4-3-5-7-22/h3-11,25,27,29,33,35,37H,12-20H2,1-2H3,(H,30,36)/t25-,27?/m0/s1. The third-order valence-electron chi connectivity index (χ3n) is 7.06. The van der Waals surface area contributed by atoms with Crippen LogP contribution >= 0.6 is 0 Å². The third-order valence-corrected chi connectivity index (χ3v) is 8.97. The summed E-state index contributed by atoms with van der Waals surface area (Å²) >= 11 is 0. The van der Waals surface area contributed by atoms with Crippen molar-refractivity contribution in [2.24, 2.45) is 5.41 Å². The van der Waals surface area contributed by atoms with Gasteiger partial charge in [-0.3, -0.25) is 19.8 Å². The van der Waals surface area contributed by atoms with Crippen molar-refractivity contribution < 1.29 is 33.3 Å². The lowest BCUT2D eigenvalue weighted by Gasteiger charge is -2.34. The van der Waals surface area contributed by atoms with E-state index in [2.05, 4.69) is 27.7 Å². The Labute approximate surface area is 235 Å². The molecule has 1 amide bonds. The Morgan fingerprint density at radius 1 is 0.950 bits per heavy atom. The summed E-state index contributed by atoms with van der Waals surface area (Å²) < 4.78 is 27.7. The number of rotatable bonds is 14. The van der Waals surface area contributed by atoms with Gasteiger partial charge in [-0.05, 0) is 23.3 Å². The van der Waals surface area contributed by atoms with Gasteiger partial charge in [0.25, 0.3) is 5.91 Å². The van der Waals surface area contributed by atoms with Crippen molar-refractivity contribution in [1.29, 1.82) is 0 Å². The molecule has 1 saturated heterocycles. The van der Waals surface area contributed by atoms with E-state index in [4.69, 9.17) is 0 Å². The molecule has 2 aromatic rings. The number of amides is 1. The second-order valence-corrected chi connectivity index (χ2v) is 12.6. The Morgan fingerprint density at radius 2 is 1.57 bits per heavy atom. The summed E-state index contributed by atoms with van der Waals surface area (Å²) in [7, 11) is -3.65. The SMILES string of the molecule is CC(C)(CO)[C@@H](O)C(O)NCCC(=O)C(=O)NCc1ccc(S(=O)(=O)N2CCN(Cc3ccccc3)CC2)cc1. The zero-order valence-electron chi connectivity index (χ0n) is 23.0. The first kappa shape index (κ1) is 31.8. The number of ketones is 1. The Balaban J connectivity index is 1.42. The molecule has 5 N–H and O–H groups in total. The van der Waals surface area contributed by atoms with Crippen LogP contribution in [-0.2, 0) is 32.7 Å². The van der Waals surface area contributed by atoms with E-state index in [-0.39, 0.29) is 31.0 Å². The Morgan fingerprint density at radius 3 is 2.17 bits per heavy atom. The van der Waals surface area contributed by atoms with Crippen LogP contribution in [-0.4, -0.2) is 96.3 Å². The molecule has 12 heteroatoms. The molecular formula is C28H40N4O7S. The minimum atomic E-state index is -3.65. The topological polar surface area (TPSA) is 160 Å². The van der Waals surface area contributed by atoms with E-state index in [9.17, 15) is 33.3 Å². The maximum atomic E-state index is 13.1. The molecule has 1 aliphatic heterocycles. The number of benzene rings is 2. The highest BCUT2D eigenvalue weighted by Crippen LogP contribution is 2.21. The lowest BCUT2D eigenvalue weighted by Crippen LogP contribution is -2.49. The van der Waals surface area contributed by atoms with Gasteiger partial charge in [0.1, 0.15) is 12.3 Å². The zero-order chi connectivity index (χ0) is 29.3. The summed E-state index contributed by atoms with van der Waals surface area (Å²) in [6.45, 7) is 5.69. The van der Waals surface area contributed by atoms with E-state index < -0.39 is 39.5 Å². The van der Waals surface area contributed by atoms with Crippen LogP contribution in [0.4, 0.5) is 0 Å². The predicted octanol–water partition coefficient (Wildman–Crippen LogP) is 0.0559. The van der Waals surface area contributed by atoms with Crippen molar-refractivity contribution in [2.45, 2.75) is 50.6 Å². The summed E-state index contributed by atoms with van der Waals surface area (Å²) in [4.78, 5) is 26.7. The molecule has 2 atom stereocenters. The average molecular weight is 577 g/mol. The second kappa shape index (κ2) is 14.3. The van der Waals surface area contributed by atoms with Gasteiger partial charge in [0.05, 0.1) is 11.5 Å². The molecule has 3 rings (SSSR count). The highest BCUT2D eigenvalue weighted by Gasteiger charge is 2.33. The van der Waals surface area contributed by atoms with Gasteiger partial charge in [0, 0.05) is 57.6 Å². The van der Waals surface area contributed by atoms with E-state index in [1.165, 1.54) is 22.0 Å². The zero-order valence-corrected chi connectivity index (χ0v) is 23.8. The van der Waals surface area contributed by atoms with Gasteiger partial charge < -0.3 is 20.6 Å². The number of nitrogens with one attached hydrogen (secondary N) is 2. The van der Waals surface area contributed by atoms with Gasteiger partial charge in [-0.25, -0.2) is 8.42 Å².